The third-order valence-electron chi connectivity index (χ3n) is 9.43. The zero-order chi connectivity index (χ0) is 35.1. The van der Waals surface area contributed by atoms with Crippen LogP contribution in [-0.4, -0.2) is 11.0 Å². The van der Waals surface area contributed by atoms with E-state index in [0.29, 0.717) is 0 Å². The predicted octanol–water partition coefficient (Wildman–Crippen LogP) is 5.95. The molecule has 272 valence electrons. The van der Waals surface area contributed by atoms with Gasteiger partial charge in [0.25, 0.3) is 0 Å². The molecule has 8 rings (SSSR count). The van der Waals surface area contributed by atoms with Crippen LogP contribution >= 0.6 is 0 Å². The van der Waals surface area contributed by atoms with E-state index in [1.54, 1.807) is 44.5 Å². The molecule has 0 bridgehead atoms. The van der Waals surface area contributed by atoms with Crippen LogP contribution in [0, 0.1) is 27.7 Å². The van der Waals surface area contributed by atoms with Gasteiger partial charge in [-0.05, 0) is 0 Å². The number of hydrogen-bond acceptors (Lipinski definition) is 0. The third-order valence-corrected chi connectivity index (χ3v) is 9.43. The van der Waals surface area contributed by atoms with Gasteiger partial charge in [0.05, 0.1) is 0 Å². The van der Waals surface area contributed by atoms with E-state index >= 15 is 0 Å². The van der Waals surface area contributed by atoms with E-state index in [4.69, 9.17) is 0 Å². The molecule has 0 amide bonds. The Morgan fingerprint density at radius 3 is 0.700 bits per heavy atom. The third kappa shape index (κ3) is 18.5. The van der Waals surface area contributed by atoms with E-state index < -0.39 is 0 Å². The quantitative estimate of drug-likeness (QED) is 0.151. The first-order valence-electron chi connectivity index (χ1n) is 18.9. The fourth-order valence-electron chi connectivity index (χ4n) is 7.49. The first-order valence-corrected chi connectivity index (χ1v) is 34.7. The van der Waals surface area contributed by atoms with Gasteiger partial charge in [-0.1, -0.05) is 130 Å². The van der Waals surface area contributed by atoms with Gasteiger partial charge in [-0.15, -0.1) is 0 Å². The Hall–Kier alpha value is 0.154. The minimum atomic E-state index is 0. The molecule has 0 nitrogen and oxygen atoms in total. The average molecular weight is 1080 g/mol. The Morgan fingerprint density at radius 1 is 0.380 bits per heavy atom. The van der Waals surface area contributed by atoms with Gasteiger partial charge in [-0.3, -0.25) is 0 Å². The first kappa shape index (κ1) is 48.2. The van der Waals surface area contributed by atoms with Crippen LogP contribution in [0.2, 0.25) is 26.2 Å². The van der Waals surface area contributed by atoms with E-state index in [1.165, 1.54) is 171 Å². The molecule has 0 saturated heterocycles. The summed E-state index contributed by atoms with van der Waals surface area (Å²) in [5.74, 6) is 0. The Morgan fingerprint density at radius 2 is 0.540 bits per heavy atom. The summed E-state index contributed by atoms with van der Waals surface area (Å²) in [5, 5.41) is 0. The molecule has 0 N–H and O–H groups in total. The van der Waals surface area contributed by atoms with E-state index in [0.717, 1.165) is 0 Å². The maximum atomic E-state index is 2.34. The summed E-state index contributed by atoms with van der Waals surface area (Å²) >= 11 is 2.90. The van der Waals surface area contributed by atoms with Gasteiger partial charge in [0, 0.05) is 0 Å². The molecule has 0 aromatic heterocycles. The predicted molar refractivity (Wildman–Crippen MR) is 209 cm³/mol. The topological polar surface area (TPSA) is 0 Å². The summed E-state index contributed by atoms with van der Waals surface area (Å²) in [6, 6.07) is 18.7. The molecule has 0 radical (unpaired) electrons. The van der Waals surface area contributed by atoms with Crippen molar-refractivity contribution in [2.45, 2.75) is 157 Å². The van der Waals surface area contributed by atoms with Crippen LogP contribution in [-0.2, 0) is 97.4 Å². The van der Waals surface area contributed by atoms with E-state index in [-0.39, 0.29) is 35.8 Å². The number of rotatable bonds is 0. The first-order chi connectivity index (χ1) is 22.9. The van der Waals surface area contributed by atoms with Crippen molar-refractivity contribution in [1.29, 1.82) is 0 Å². The minimum absolute atomic E-state index is 0. The van der Waals surface area contributed by atoms with Crippen LogP contribution in [0.1, 0.15) is 118 Å². The molecule has 0 aliphatic heterocycles. The molecule has 0 unspecified atom stereocenters. The van der Waals surface area contributed by atoms with E-state index in [9.17, 15) is 0 Å². The summed E-state index contributed by atoms with van der Waals surface area (Å²) in [4.78, 5) is 0. The molecule has 4 aromatic carbocycles. The van der Waals surface area contributed by atoms with Gasteiger partial charge in [0.15, 0.2) is 0 Å². The number of hydrogen-bond donors (Lipinski definition) is 0. The molecule has 0 saturated carbocycles. The second kappa shape index (κ2) is 26.0. The van der Waals surface area contributed by atoms with Crippen molar-refractivity contribution in [3.63, 3.8) is 0 Å². The summed E-state index contributed by atoms with van der Waals surface area (Å²) in [5.41, 5.74) is 19.2. The fraction of sp³-hybridized carbons (Fsp3) is 0.545. The normalized spacial score (nSPS) is 14.6. The second-order valence-corrected chi connectivity index (χ2v) is 40.7. The Kier molecular flexibility index (Phi) is 25.1. The van der Waals surface area contributed by atoms with Gasteiger partial charge in [-0.25, -0.2) is 24.3 Å². The summed E-state index contributed by atoms with van der Waals surface area (Å²) in [6.07, 6.45) is 21.8. The zero-order valence-corrected chi connectivity index (χ0v) is 43.4. The second-order valence-electron chi connectivity index (χ2n) is 15.2. The van der Waals surface area contributed by atoms with Gasteiger partial charge in [0.2, 0.25) is 0 Å². The van der Waals surface area contributed by atoms with E-state index in [1.807, 2.05) is 0 Å². The van der Waals surface area contributed by atoms with Crippen molar-refractivity contribution in [3.8, 4) is 0 Å². The number of halogens is 2. The van der Waals surface area contributed by atoms with Crippen LogP contribution in [0.3, 0.4) is 0 Å². The molecular formula is C44H64Cl2Hf2Si2-2. The summed E-state index contributed by atoms with van der Waals surface area (Å²) < 4.78 is 0. The maximum absolute atomic E-state index is 2.34. The van der Waals surface area contributed by atoms with Crippen LogP contribution in [0.15, 0.2) is 48.5 Å². The van der Waals surface area contributed by atoms with Crippen LogP contribution in [0.25, 0.3) is 0 Å². The zero-order valence-electron chi connectivity index (χ0n) is 32.7. The molecule has 0 spiro atoms. The van der Waals surface area contributed by atoms with Crippen molar-refractivity contribution in [2.24, 2.45) is 0 Å². The molecule has 50 heavy (non-hydrogen) atoms. The molecule has 4 aliphatic carbocycles. The molecule has 0 fully saturated rings. The number of fused-ring (bicyclic) bond motifs is 4. The van der Waals surface area contributed by atoms with Crippen molar-refractivity contribution in [2.75, 3.05) is 0 Å². The van der Waals surface area contributed by atoms with Gasteiger partial charge in [-0.2, -0.15) is 91.0 Å². The molecule has 4 aromatic rings. The smallest absolute Gasteiger partial charge is 0.0512 e. The van der Waals surface area contributed by atoms with Gasteiger partial charge < -0.3 is 24.8 Å². The molecule has 4 aliphatic rings. The summed E-state index contributed by atoms with van der Waals surface area (Å²) in [7, 11) is 0. The molecule has 0 atom stereocenters. The standard InChI is InChI=1S/4C10H13.2C2H6Si.2ClH.2Hf/c4*1-8-6-9-4-2-3-5-10(9)7-8;2*1-3-2;;;;/h4*6-7H,2-5H2,1H3;2*1-2H3;2*1H;;/q4*-1;;;;;2*+2/p-2. The Labute approximate surface area is 350 Å². The van der Waals surface area contributed by atoms with Crippen LogP contribution in [0.5, 0.6) is 0 Å². The van der Waals surface area contributed by atoms with Gasteiger partial charge in [0.1, 0.15) is 0 Å². The molecular weight excluding hydrogens is 1010 g/mol. The Bertz CT molecular complexity index is 1240. The van der Waals surface area contributed by atoms with Crippen molar-refractivity contribution < 1.29 is 70.8 Å². The number of aryl methyl sites for hydroxylation is 12. The SMILES string of the molecule is C[Si](C)=[Hf+2].C[Si](C)=[Hf+2].Cc1cc2c([cH-]1)CCCC2.Cc1cc2c([cH-]1)CCCC2.Cc1cc2c([cH-]1)CCCC2.Cc1cc2c([cH-]1)CCCC2.[Cl-].[Cl-]. The van der Waals surface area contributed by atoms with Gasteiger partial charge >= 0.3 is 83.2 Å². The molecule has 0 heterocycles. The van der Waals surface area contributed by atoms with Crippen molar-refractivity contribution in [3.05, 3.63) is 115 Å². The van der Waals surface area contributed by atoms with E-state index in [2.05, 4.69) is 102 Å². The molecule has 6 heteroatoms. The van der Waals surface area contributed by atoms with Crippen LogP contribution in [0.4, 0.5) is 0 Å². The average Bonchev–Trinajstić information content (AvgIpc) is 3.79. The van der Waals surface area contributed by atoms with Crippen LogP contribution < -0.4 is 24.8 Å². The van der Waals surface area contributed by atoms with Crippen molar-refractivity contribution in [1.82, 2.24) is 0 Å². The maximum Gasteiger partial charge on any atom is -0.0512 e. The monoisotopic (exact) mass is 1080 g/mol. The minimum Gasteiger partial charge on any atom is -1.00 e. The largest absolute Gasteiger partial charge is 1.00 e. The van der Waals surface area contributed by atoms with Crippen molar-refractivity contribution >= 4 is 11.0 Å². The fourth-order valence-corrected chi connectivity index (χ4v) is 7.49. The Balaban J connectivity index is 0.000000308. The summed E-state index contributed by atoms with van der Waals surface area (Å²) in [6.45, 7) is 18.1.